The molecular formula is C12H14BrN2O3S-. The van der Waals surface area contributed by atoms with Gasteiger partial charge in [0.05, 0.1) is 10.2 Å². The summed E-state index contributed by atoms with van der Waals surface area (Å²) < 4.78 is 23.8. The first-order valence-electron chi connectivity index (χ1n) is 5.36. The van der Waals surface area contributed by atoms with Gasteiger partial charge in [0.1, 0.15) is 0 Å². The van der Waals surface area contributed by atoms with Gasteiger partial charge in [0, 0.05) is 16.8 Å². The van der Waals surface area contributed by atoms with Crippen molar-refractivity contribution >= 4 is 27.2 Å². The van der Waals surface area contributed by atoms with Crippen molar-refractivity contribution in [3.8, 4) is 11.3 Å². The van der Waals surface area contributed by atoms with Crippen LogP contribution in [-0.4, -0.2) is 13.9 Å². The average Bonchev–Trinajstić information content (AvgIpc) is 2.63. The van der Waals surface area contributed by atoms with Crippen molar-refractivity contribution < 1.29 is 13.3 Å². The molecule has 1 unspecified atom stereocenters. The minimum atomic E-state index is -2.36. The van der Waals surface area contributed by atoms with E-state index in [2.05, 4.69) is 52.2 Å². The SMILES string of the molecule is Cc1ccc(-c2onc(C)c2Br)cc1C.NS(=O)[O-]. The minimum absolute atomic E-state index is 0.801. The lowest BCUT2D eigenvalue weighted by atomic mass is 10.0. The first-order chi connectivity index (χ1) is 8.82. The van der Waals surface area contributed by atoms with Crippen LogP contribution in [0.3, 0.4) is 0 Å². The van der Waals surface area contributed by atoms with Crippen molar-refractivity contribution in [2.75, 3.05) is 0 Å². The first-order valence-corrected chi connectivity index (χ1v) is 7.29. The maximum absolute atomic E-state index is 8.78. The standard InChI is InChI=1S/C12H12BrNO.H3NO2S/c1-7-4-5-10(6-8(7)2)12-11(13)9(3)14-15-12;1-4(2)3/h4-6H,1-3H3;1H2,(H,2,3)/p-1. The highest BCUT2D eigenvalue weighted by Crippen LogP contribution is 2.31. The summed E-state index contributed by atoms with van der Waals surface area (Å²) in [5.74, 6) is 0.801. The van der Waals surface area contributed by atoms with E-state index in [1.807, 2.05) is 13.0 Å². The number of hydrogen-bond donors (Lipinski definition) is 1. The number of halogens is 1. The summed E-state index contributed by atoms with van der Waals surface area (Å²) in [4.78, 5) is 0. The average molecular weight is 346 g/mol. The summed E-state index contributed by atoms with van der Waals surface area (Å²) in [6.07, 6.45) is 0. The molecule has 19 heavy (non-hydrogen) atoms. The quantitative estimate of drug-likeness (QED) is 0.804. The molecule has 0 aliphatic heterocycles. The van der Waals surface area contributed by atoms with Gasteiger partial charge in [-0.3, -0.25) is 9.35 Å². The lowest BCUT2D eigenvalue weighted by Gasteiger charge is -2.02. The maximum Gasteiger partial charge on any atom is 0.181 e. The van der Waals surface area contributed by atoms with Gasteiger partial charge in [-0.25, -0.2) is 0 Å². The zero-order valence-electron chi connectivity index (χ0n) is 10.8. The highest BCUT2D eigenvalue weighted by Gasteiger charge is 2.12. The maximum atomic E-state index is 8.78. The number of nitrogens with two attached hydrogens (primary N) is 1. The van der Waals surface area contributed by atoms with E-state index in [-0.39, 0.29) is 0 Å². The monoisotopic (exact) mass is 345 g/mol. The van der Waals surface area contributed by atoms with E-state index in [1.165, 1.54) is 11.1 Å². The molecule has 0 aliphatic rings. The van der Waals surface area contributed by atoms with Crippen molar-refractivity contribution in [2.45, 2.75) is 20.8 Å². The second-order valence-corrected chi connectivity index (χ2v) is 5.28. The zero-order chi connectivity index (χ0) is 14.6. The molecule has 0 saturated heterocycles. The van der Waals surface area contributed by atoms with Crippen LogP contribution in [0, 0.1) is 20.8 Å². The molecule has 1 heterocycles. The molecule has 0 bridgehead atoms. The Morgan fingerprint density at radius 1 is 1.32 bits per heavy atom. The molecule has 0 radical (unpaired) electrons. The number of hydrogen-bond acceptors (Lipinski definition) is 4. The number of aryl methyl sites for hydroxylation is 3. The summed E-state index contributed by atoms with van der Waals surface area (Å²) >= 11 is 1.11. The van der Waals surface area contributed by atoms with Gasteiger partial charge >= 0.3 is 0 Å². The van der Waals surface area contributed by atoms with Crippen LogP contribution in [0.25, 0.3) is 11.3 Å². The third kappa shape index (κ3) is 4.54. The molecule has 2 N–H and O–H groups in total. The number of rotatable bonds is 1. The molecular weight excluding hydrogens is 332 g/mol. The van der Waals surface area contributed by atoms with Gasteiger partial charge in [0.15, 0.2) is 5.76 Å². The summed E-state index contributed by atoms with van der Waals surface area (Å²) in [5, 5.41) is 7.95. The highest BCUT2D eigenvalue weighted by atomic mass is 79.9. The Bertz CT molecular complexity index is 595. The molecule has 1 aromatic heterocycles. The van der Waals surface area contributed by atoms with E-state index in [9.17, 15) is 0 Å². The number of aromatic nitrogens is 1. The summed E-state index contributed by atoms with van der Waals surface area (Å²) in [6.45, 7) is 6.11. The smallest absolute Gasteiger partial charge is 0.181 e. The van der Waals surface area contributed by atoms with E-state index < -0.39 is 11.3 Å². The molecule has 0 amide bonds. The van der Waals surface area contributed by atoms with E-state index >= 15 is 0 Å². The van der Waals surface area contributed by atoms with Crippen LogP contribution in [-0.2, 0) is 11.3 Å². The second-order valence-electron chi connectivity index (χ2n) is 3.97. The van der Waals surface area contributed by atoms with Gasteiger partial charge in [0.25, 0.3) is 0 Å². The molecule has 0 spiro atoms. The van der Waals surface area contributed by atoms with Crippen LogP contribution in [0.2, 0.25) is 0 Å². The molecule has 104 valence electrons. The summed E-state index contributed by atoms with van der Waals surface area (Å²) in [6, 6.07) is 6.25. The Hall–Kier alpha value is -1.02. The summed E-state index contributed by atoms with van der Waals surface area (Å²) in [7, 11) is 0. The van der Waals surface area contributed by atoms with Crippen molar-refractivity contribution in [3.05, 3.63) is 39.5 Å². The van der Waals surface area contributed by atoms with Gasteiger partial charge < -0.3 is 9.08 Å². The first kappa shape index (κ1) is 16.0. The largest absolute Gasteiger partial charge is 0.760 e. The molecule has 0 fully saturated rings. The summed E-state index contributed by atoms with van der Waals surface area (Å²) in [5.41, 5.74) is 4.48. The molecule has 2 aromatic rings. The second kappa shape index (κ2) is 6.95. The Labute approximate surface area is 122 Å². The molecule has 2 rings (SSSR count). The van der Waals surface area contributed by atoms with Crippen molar-refractivity contribution in [1.82, 2.24) is 5.16 Å². The van der Waals surface area contributed by atoms with Crippen LogP contribution >= 0.6 is 15.9 Å². The fourth-order valence-corrected chi connectivity index (χ4v) is 1.79. The Morgan fingerprint density at radius 3 is 2.32 bits per heavy atom. The fraction of sp³-hybridized carbons (Fsp3) is 0.250. The Kier molecular flexibility index (Phi) is 5.86. The van der Waals surface area contributed by atoms with Gasteiger partial charge in [-0.15, -0.1) is 0 Å². The molecule has 0 aliphatic carbocycles. The number of nitrogens with zero attached hydrogens (tertiary/aromatic N) is 1. The van der Waals surface area contributed by atoms with Crippen LogP contribution < -0.4 is 5.14 Å². The third-order valence-corrected chi connectivity index (χ3v) is 3.49. The molecule has 1 aromatic carbocycles. The van der Waals surface area contributed by atoms with Crippen molar-refractivity contribution in [3.63, 3.8) is 0 Å². The molecule has 0 saturated carbocycles. The van der Waals surface area contributed by atoms with Crippen molar-refractivity contribution in [1.29, 1.82) is 0 Å². The fourth-order valence-electron chi connectivity index (χ4n) is 1.42. The van der Waals surface area contributed by atoms with Gasteiger partial charge in [0.2, 0.25) is 0 Å². The van der Waals surface area contributed by atoms with E-state index in [4.69, 9.17) is 13.3 Å². The predicted molar refractivity (Wildman–Crippen MR) is 77.0 cm³/mol. The van der Waals surface area contributed by atoms with Crippen molar-refractivity contribution in [2.24, 2.45) is 5.14 Å². The lowest BCUT2D eigenvalue weighted by molar-refractivity contribution is 0.427. The molecule has 7 heteroatoms. The number of benzene rings is 1. The molecule has 5 nitrogen and oxygen atoms in total. The van der Waals surface area contributed by atoms with Crippen LogP contribution in [0.4, 0.5) is 0 Å². The zero-order valence-corrected chi connectivity index (χ0v) is 13.2. The normalized spacial score (nSPS) is 11.7. The van der Waals surface area contributed by atoms with Gasteiger partial charge in [-0.1, -0.05) is 17.3 Å². The molecule has 1 atom stereocenters. The van der Waals surface area contributed by atoms with E-state index in [0.717, 1.165) is 21.5 Å². The van der Waals surface area contributed by atoms with Gasteiger partial charge in [-0.05, 0) is 53.9 Å². The Balaban J connectivity index is 0.000000399. The minimum Gasteiger partial charge on any atom is -0.760 e. The van der Waals surface area contributed by atoms with E-state index in [0.29, 0.717) is 0 Å². The Morgan fingerprint density at radius 2 is 1.89 bits per heavy atom. The van der Waals surface area contributed by atoms with Gasteiger partial charge in [-0.2, -0.15) is 0 Å². The highest BCUT2D eigenvalue weighted by molar-refractivity contribution is 9.10. The predicted octanol–water partition coefficient (Wildman–Crippen LogP) is 2.77. The van der Waals surface area contributed by atoms with Crippen LogP contribution in [0.1, 0.15) is 16.8 Å². The third-order valence-electron chi connectivity index (χ3n) is 2.56. The van der Waals surface area contributed by atoms with Crippen LogP contribution in [0.5, 0.6) is 0 Å². The topological polar surface area (TPSA) is 92.2 Å². The van der Waals surface area contributed by atoms with E-state index in [1.54, 1.807) is 0 Å². The van der Waals surface area contributed by atoms with Crippen LogP contribution in [0.15, 0.2) is 27.2 Å². The lowest BCUT2D eigenvalue weighted by Crippen LogP contribution is -1.97.